The van der Waals surface area contributed by atoms with Crippen LogP contribution in [0, 0.1) is 3.57 Å². The van der Waals surface area contributed by atoms with E-state index in [1.54, 1.807) is 61.9 Å². The number of rotatable bonds is 8. The van der Waals surface area contributed by atoms with Crippen LogP contribution in [-0.2, 0) is 9.53 Å². The van der Waals surface area contributed by atoms with E-state index in [4.69, 9.17) is 25.8 Å². The molecule has 7 nitrogen and oxygen atoms in total. The van der Waals surface area contributed by atoms with Crippen LogP contribution in [0.4, 0.5) is 0 Å². The van der Waals surface area contributed by atoms with Gasteiger partial charge in [0.15, 0.2) is 16.3 Å². The molecule has 0 aliphatic carbocycles. The predicted molar refractivity (Wildman–Crippen MR) is 153 cm³/mol. The van der Waals surface area contributed by atoms with E-state index in [2.05, 4.69) is 34.2 Å². The van der Waals surface area contributed by atoms with Gasteiger partial charge in [0.05, 0.1) is 39.1 Å². The molecule has 0 saturated carbocycles. The maximum Gasteiger partial charge on any atom is 0.338 e. The summed E-state index contributed by atoms with van der Waals surface area (Å²) in [7, 11) is 1.57. The van der Waals surface area contributed by atoms with Crippen molar-refractivity contribution in [2.75, 3.05) is 20.3 Å². The van der Waals surface area contributed by atoms with E-state index in [9.17, 15) is 9.59 Å². The van der Waals surface area contributed by atoms with Gasteiger partial charge in [-0.3, -0.25) is 9.36 Å². The van der Waals surface area contributed by atoms with Crippen LogP contribution in [0.25, 0.3) is 6.08 Å². The van der Waals surface area contributed by atoms with Crippen molar-refractivity contribution in [2.45, 2.75) is 19.9 Å². The molecular formula is C27H24ClIN2O5S. The number of carbonyl (C=O) groups excluding carboxylic acids is 1. The highest BCUT2D eigenvalue weighted by Crippen LogP contribution is 2.34. The van der Waals surface area contributed by atoms with Crippen LogP contribution in [-0.4, -0.2) is 30.9 Å². The maximum atomic E-state index is 13.8. The fourth-order valence-electron chi connectivity index (χ4n) is 4.01. The van der Waals surface area contributed by atoms with Crippen LogP contribution in [0.15, 0.2) is 70.1 Å². The molecule has 0 spiro atoms. The maximum absolute atomic E-state index is 13.8. The summed E-state index contributed by atoms with van der Waals surface area (Å²) in [6.45, 7) is 7.73. The molecule has 1 atom stereocenters. The fourth-order valence-corrected chi connectivity index (χ4v) is 5.96. The third-order valence-corrected chi connectivity index (χ3v) is 7.63. The Morgan fingerprint density at radius 3 is 2.68 bits per heavy atom. The third kappa shape index (κ3) is 5.53. The molecule has 0 fully saturated rings. The van der Waals surface area contributed by atoms with E-state index in [1.807, 2.05) is 12.1 Å². The first-order valence-corrected chi connectivity index (χ1v) is 13.6. The molecule has 0 saturated heterocycles. The van der Waals surface area contributed by atoms with E-state index < -0.39 is 12.0 Å². The van der Waals surface area contributed by atoms with Gasteiger partial charge in [-0.05, 0) is 77.9 Å². The number of aromatic nitrogens is 1. The minimum absolute atomic E-state index is 0.209. The molecule has 0 amide bonds. The van der Waals surface area contributed by atoms with Gasteiger partial charge in [0.25, 0.3) is 5.56 Å². The topological polar surface area (TPSA) is 79.1 Å². The zero-order chi connectivity index (χ0) is 26.7. The van der Waals surface area contributed by atoms with Gasteiger partial charge in [-0.25, -0.2) is 9.79 Å². The van der Waals surface area contributed by atoms with Crippen LogP contribution in [0.3, 0.4) is 0 Å². The minimum Gasteiger partial charge on any atom is -0.493 e. The Hall–Kier alpha value is -2.89. The molecule has 0 bridgehead atoms. The Morgan fingerprint density at radius 1 is 1.30 bits per heavy atom. The number of thiazole rings is 1. The number of benzene rings is 2. The predicted octanol–water partition coefficient (Wildman–Crippen LogP) is 4.63. The summed E-state index contributed by atoms with van der Waals surface area (Å²) in [6, 6.07) is 10.1. The molecule has 0 unspecified atom stereocenters. The van der Waals surface area contributed by atoms with Gasteiger partial charge in [0, 0.05) is 5.02 Å². The highest BCUT2D eigenvalue weighted by molar-refractivity contribution is 14.1. The van der Waals surface area contributed by atoms with Crippen molar-refractivity contribution in [2.24, 2.45) is 4.99 Å². The van der Waals surface area contributed by atoms with Crippen LogP contribution in [0.2, 0.25) is 5.02 Å². The largest absolute Gasteiger partial charge is 0.493 e. The summed E-state index contributed by atoms with van der Waals surface area (Å²) >= 11 is 9.54. The van der Waals surface area contributed by atoms with Gasteiger partial charge in [0.2, 0.25) is 0 Å². The monoisotopic (exact) mass is 650 g/mol. The Morgan fingerprint density at radius 2 is 2.03 bits per heavy atom. The number of hydrogen-bond acceptors (Lipinski definition) is 7. The lowest BCUT2D eigenvalue weighted by atomic mass is 9.96. The Kier molecular flexibility index (Phi) is 8.56. The molecule has 1 aromatic heterocycles. The van der Waals surface area contributed by atoms with Gasteiger partial charge in [-0.2, -0.15) is 0 Å². The second kappa shape index (κ2) is 11.7. The minimum atomic E-state index is -0.695. The summed E-state index contributed by atoms with van der Waals surface area (Å²) in [6.07, 6.45) is 3.45. The van der Waals surface area contributed by atoms with Crippen molar-refractivity contribution < 1.29 is 19.0 Å². The number of esters is 1. The number of hydrogen-bond donors (Lipinski definition) is 0. The van der Waals surface area contributed by atoms with Crippen molar-refractivity contribution in [3.63, 3.8) is 0 Å². The normalized spacial score (nSPS) is 15.2. The summed E-state index contributed by atoms with van der Waals surface area (Å²) in [5, 5.41) is 0.554. The van der Waals surface area contributed by atoms with Crippen molar-refractivity contribution in [3.8, 4) is 11.5 Å². The summed E-state index contributed by atoms with van der Waals surface area (Å²) in [4.78, 5) is 31.8. The molecule has 37 heavy (non-hydrogen) atoms. The molecular weight excluding hydrogens is 627 g/mol. The first kappa shape index (κ1) is 27.2. The number of methoxy groups -OCH3 is 1. The first-order chi connectivity index (χ1) is 17.8. The molecule has 1 aliphatic rings. The van der Waals surface area contributed by atoms with Crippen LogP contribution in [0.1, 0.15) is 31.0 Å². The van der Waals surface area contributed by atoms with Gasteiger partial charge in [0.1, 0.15) is 6.61 Å². The molecule has 1 aliphatic heterocycles. The average molecular weight is 651 g/mol. The quantitative estimate of drug-likeness (QED) is 0.202. The first-order valence-electron chi connectivity index (χ1n) is 11.3. The highest BCUT2D eigenvalue weighted by atomic mass is 127. The van der Waals surface area contributed by atoms with Gasteiger partial charge >= 0.3 is 5.97 Å². The van der Waals surface area contributed by atoms with Gasteiger partial charge < -0.3 is 14.2 Å². The lowest BCUT2D eigenvalue weighted by molar-refractivity contribution is -0.139. The standard InChI is InChI=1S/C27H24ClIN2O5S/c1-5-11-36-24-19(29)12-16(13-20(24)34-4)14-21-25(32)31-23(17-7-9-18(28)10-8-17)22(26(33)35-6-2)15(3)30-27(31)37-21/h5,7-10,12-14,23H,1,6,11H2,2-4H3/b21-14+/t23-/m0/s1. The lowest BCUT2D eigenvalue weighted by Gasteiger charge is -2.24. The molecule has 10 heteroatoms. The Bertz CT molecular complexity index is 1570. The number of halogens is 2. The smallest absolute Gasteiger partial charge is 0.338 e. The van der Waals surface area contributed by atoms with Crippen LogP contribution < -0.4 is 24.4 Å². The number of carbonyl (C=O) groups is 1. The molecule has 3 aromatic rings. The molecule has 2 aromatic carbocycles. The zero-order valence-electron chi connectivity index (χ0n) is 20.4. The van der Waals surface area contributed by atoms with Crippen LogP contribution >= 0.6 is 45.5 Å². The molecule has 4 rings (SSSR count). The number of nitrogens with zero attached hydrogens (tertiary/aromatic N) is 2. The van der Waals surface area contributed by atoms with Crippen LogP contribution in [0.5, 0.6) is 11.5 Å². The zero-order valence-corrected chi connectivity index (χ0v) is 24.1. The average Bonchev–Trinajstić information content (AvgIpc) is 3.17. The van der Waals surface area contributed by atoms with E-state index in [0.29, 0.717) is 43.7 Å². The molecule has 2 heterocycles. The second-order valence-corrected chi connectivity index (χ2v) is 10.6. The number of fused-ring (bicyclic) bond motifs is 1. The summed E-state index contributed by atoms with van der Waals surface area (Å²) in [5.41, 5.74) is 2.06. The van der Waals surface area contributed by atoms with Crippen molar-refractivity contribution >= 4 is 57.6 Å². The van der Waals surface area contributed by atoms with E-state index in [-0.39, 0.29) is 12.2 Å². The molecule has 0 radical (unpaired) electrons. The number of allylic oxidation sites excluding steroid dienone is 1. The fraction of sp³-hybridized carbons (Fsp3) is 0.222. The third-order valence-electron chi connectivity index (χ3n) is 5.60. The van der Waals surface area contributed by atoms with E-state index in [0.717, 1.165) is 14.7 Å². The van der Waals surface area contributed by atoms with Crippen molar-refractivity contribution in [3.05, 3.63) is 99.7 Å². The molecule has 192 valence electrons. The second-order valence-electron chi connectivity index (χ2n) is 7.99. The summed E-state index contributed by atoms with van der Waals surface area (Å²) < 4.78 is 19.4. The lowest BCUT2D eigenvalue weighted by Crippen LogP contribution is -2.39. The van der Waals surface area contributed by atoms with Crippen molar-refractivity contribution in [1.29, 1.82) is 0 Å². The Labute approximate surface area is 236 Å². The SMILES string of the molecule is C=CCOc1c(I)cc(/C=c2/sc3n(c2=O)[C@@H](c2ccc(Cl)cc2)C(C(=O)OCC)=C(C)N=3)cc1OC. The molecule has 0 N–H and O–H groups in total. The van der Waals surface area contributed by atoms with Gasteiger partial charge in [-0.1, -0.05) is 47.7 Å². The Balaban J connectivity index is 1.90. The van der Waals surface area contributed by atoms with Gasteiger partial charge in [-0.15, -0.1) is 0 Å². The number of ether oxygens (including phenoxy) is 3. The highest BCUT2D eigenvalue weighted by Gasteiger charge is 2.33. The summed E-state index contributed by atoms with van der Waals surface area (Å²) in [5.74, 6) is 0.652. The van der Waals surface area contributed by atoms with Crippen molar-refractivity contribution in [1.82, 2.24) is 4.57 Å². The van der Waals surface area contributed by atoms with E-state index in [1.165, 1.54) is 11.3 Å². The van der Waals surface area contributed by atoms with E-state index >= 15 is 0 Å².